The van der Waals surface area contributed by atoms with Crippen molar-refractivity contribution >= 4 is 5.91 Å². The summed E-state index contributed by atoms with van der Waals surface area (Å²) in [5, 5.41) is 23.6. The number of aryl methyl sites for hydroxylation is 1. The summed E-state index contributed by atoms with van der Waals surface area (Å²) in [6.07, 6.45) is 2.27. The molecule has 0 spiro atoms. The fourth-order valence-electron chi connectivity index (χ4n) is 2.34. The van der Waals surface area contributed by atoms with Crippen LogP contribution in [0.2, 0.25) is 0 Å². The molecule has 1 amide bonds. The number of nitrogens with zero attached hydrogens (tertiary/aromatic N) is 3. The third kappa shape index (κ3) is 3.90. The van der Waals surface area contributed by atoms with Gasteiger partial charge in [-0.05, 0) is 31.4 Å². The maximum absolute atomic E-state index is 12.4. The number of hydrogen-bond donors (Lipinski definition) is 2. The van der Waals surface area contributed by atoms with Gasteiger partial charge in [0.2, 0.25) is 0 Å². The topological polar surface area (TPSA) is 78.6 Å². The van der Waals surface area contributed by atoms with Gasteiger partial charge in [0.05, 0.1) is 18.0 Å². The molecular formula is C17H23N3O3. The van der Waals surface area contributed by atoms with Crippen LogP contribution in [-0.4, -0.2) is 50.5 Å². The Balaban J connectivity index is 2.26. The van der Waals surface area contributed by atoms with E-state index in [1.165, 1.54) is 15.8 Å². The first-order chi connectivity index (χ1) is 10.9. The zero-order valence-corrected chi connectivity index (χ0v) is 13.7. The van der Waals surface area contributed by atoms with Crippen LogP contribution in [0, 0.1) is 0 Å². The van der Waals surface area contributed by atoms with Crippen LogP contribution in [0.3, 0.4) is 0 Å². The summed E-state index contributed by atoms with van der Waals surface area (Å²) in [6, 6.07) is 7.73. The molecule has 124 valence electrons. The Kier molecular flexibility index (Phi) is 5.39. The Morgan fingerprint density at radius 1 is 1.39 bits per heavy atom. The van der Waals surface area contributed by atoms with Crippen LogP contribution in [0.5, 0.6) is 5.75 Å². The highest BCUT2D eigenvalue weighted by molar-refractivity contribution is 5.94. The molecule has 0 bridgehead atoms. The lowest BCUT2D eigenvalue weighted by Gasteiger charge is -2.16. The summed E-state index contributed by atoms with van der Waals surface area (Å²) in [6.45, 7) is 4.11. The van der Waals surface area contributed by atoms with E-state index >= 15 is 0 Å². The minimum atomic E-state index is -0.479. The monoisotopic (exact) mass is 317 g/mol. The fraction of sp³-hybridized carbons (Fsp3) is 0.412. The van der Waals surface area contributed by atoms with Gasteiger partial charge in [0.1, 0.15) is 0 Å². The van der Waals surface area contributed by atoms with Crippen LogP contribution in [0.15, 0.2) is 30.5 Å². The van der Waals surface area contributed by atoms with E-state index in [0.717, 1.165) is 17.7 Å². The second-order valence-electron chi connectivity index (χ2n) is 5.65. The van der Waals surface area contributed by atoms with Crippen LogP contribution in [0.25, 0.3) is 5.69 Å². The van der Waals surface area contributed by atoms with Gasteiger partial charge < -0.3 is 15.1 Å². The highest BCUT2D eigenvalue weighted by Crippen LogP contribution is 2.22. The Hall–Kier alpha value is -2.34. The number of para-hydroxylation sites is 1. The smallest absolute Gasteiger partial charge is 0.277 e. The van der Waals surface area contributed by atoms with Gasteiger partial charge in [-0.2, -0.15) is 5.10 Å². The van der Waals surface area contributed by atoms with Gasteiger partial charge in [-0.1, -0.05) is 25.1 Å². The predicted molar refractivity (Wildman–Crippen MR) is 87.9 cm³/mol. The SMILES string of the molecule is CCc1ccccc1-n1cc(O)c(C(=O)N(C)CCC(C)O)n1. The molecule has 1 heterocycles. The molecule has 0 saturated carbocycles. The van der Waals surface area contributed by atoms with Crippen molar-refractivity contribution in [2.75, 3.05) is 13.6 Å². The lowest BCUT2D eigenvalue weighted by molar-refractivity contribution is 0.0760. The standard InChI is InChI=1S/C17H23N3O3/c1-4-13-7-5-6-8-14(13)20-11-15(22)16(18-20)17(23)19(3)10-9-12(2)21/h5-8,11-12,21-22H,4,9-10H2,1-3H3. The van der Waals surface area contributed by atoms with E-state index in [1.54, 1.807) is 14.0 Å². The number of benzene rings is 1. The van der Waals surface area contributed by atoms with Crippen LogP contribution < -0.4 is 0 Å². The average molecular weight is 317 g/mol. The van der Waals surface area contributed by atoms with E-state index in [-0.39, 0.29) is 17.4 Å². The summed E-state index contributed by atoms with van der Waals surface area (Å²) in [7, 11) is 1.63. The van der Waals surface area contributed by atoms with Crippen LogP contribution >= 0.6 is 0 Å². The minimum absolute atomic E-state index is 0.0176. The van der Waals surface area contributed by atoms with E-state index in [1.807, 2.05) is 31.2 Å². The Bertz CT molecular complexity index is 679. The van der Waals surface area contributed by atoms with E-state index in [9.17, 15) is 15.0 Å². The molecule has 6 nitrogen and oxygen atoms in total. The maximum Gasteiger partial charge on any atom is 0.277 e. The fourth-order valence-corrected chi connectivity index (χ4v) is 2.34. The van der Waals surface area contributed by atoms with E-state index in [4.69, 9.17) is 0 Å². The van der Waals surface area contributed by atoms with Gasteiger partial charge in [-0.3, -0.25) is 4.79 Å². The van der Waals surface area contributed by atoms with Crippen molar-refractivity contribution in [3.05, 3.63) is 41.7 Å². The summed E-state index contributed by atoms with van der Waals surface area (Å²) in [4.78, 5) is 13.8. The van der Waals surface area contributed by atoms with E-state index < -0.39 is 6.10 Å². The molecule has 2 aromatic rings. The molecule has 0 saturated heterocycles. The molecule has 2 N–H and O–H groups in total. The molecule has 0 aliphatic rings. The molecule has 0 aliphatic carbocycles. The molecule has 0 aliphatic heterocycles. The largest absolute Gasteiger partial charge is 0.504 e. The normalized spacial score (nSPS) is 12.2. The lowest BCUT2D eigenvalue weighted by atomic mass is 10.1. The summed E-state index contributed by atoms with van der Waals surface area (Å²) in [5.74, 6) is -0.513. The molecule has 0 fully saturated rings. The number of aliphatic hydroxyl groups is 1. The van der Waals surface area contributed by atoms with Crippen molar-refractivity contribution in [3.63, 3.8) is 0 Å². The first kappa shape index (κ1) is 17.0. The highest BCUT2D eigenvalue weighted by atomic mass is 16.3. The molecule has 1 unspecified atom stereocenters. The van der Waals surface area contributed by atoms with Gasteiger partial charge >= 0.3 is 0 Å². The summed E-state index contributed by atoms with van der Waals surface area (Å²) >= 11 is 0. The van der Waals surface area contributed by atoms with Gasteiger partial charge in [-0.25, -0.2) is 4.68 Å². The van der Waals surface area contributed by atoms with Crippen molar-refractivity contribution in [1.29, 1.82) is 0 Å². The average Bonchev–Trinajstić information content (AvgIpc) is 2.93. The third-order valence-electron chi connectivity index (χ3n) is 3.75. The molecule has 6 heteroatoms. The number of aromatic hydroxyl groups is 1. The van der Waals surface area contributed by atoms with Crippen molar-refractivity contribution in [2.24, 2.45) is 0 Å². The van der Waals surface area contributed by atoms with Crippen molar-refractivity contribution in [2.45, 2.75) is 32.8 Å². The van der Waals surface area contributed by atoms with Crippen molar-refractivity contribution in [1.82, 2.24) is 14.7 Å². The molecular weight excluding hydrogens is 294 g/mol. The number of rotatable bonds is 6. The highest BCUT2D eigenvalue weighted by Gasteiger charge is 2.21. The predicted octanol–water partition coefficient (Wildman–Crippen LogP) is 1.98. The van der Waals surface area contributed by atoms with Gasteiger partial charge in [0.15, 0.2) is 11.4 Å². The van der Waals surface area contributed by atoms with Crippen molar-refractivity contribution < 1.29 is 15.0 Å². The number of carbonyl (C=O) groups excluding carboxylic acids is 1. The first-order valence-electron chi connectivity index (χ1n) is 7.74. The summed E-state index contributed by atoms with van der Waals surface area (Å²) in [5.41, 5.74) is 1.94. The molecule has 1 aromatic heterocycles. The van der Waals surface area contributed by atoms with Gasteiger partial charge in [0.25, 0.3) is 5.91 Å². The number of hydrogen-bond acceptors (Lipinski definition) is 4. The van der Waals surface area contributed by atoms with Crippen LogP contribution in [0.4, 0.5) is 0 Å². The second kappa shape index (κ2) is 7.28. The second-order valence-corrected chi connectivity index (χ2v) is 5.65. The number of amides is 1. The van der Waals surface area contributed by atoms with Gasteiger partial charge in [-0.15, -0.1) is 0 Å². The molecule has 1 aromatic carbocycles. The first-order valence-corrected chi connectivity index (χ1v) is 7.74. The summed E-state index contributed by atoms with van der Waals surface area (Å²) < 4.78 is 1.53. The quantitative estimate of drug-likeness (QED) is 0.854. The van der Waals surface area contributed by atoms with E-state index in [0.29, 0.717) is 13.0 Å². The number of aromatic nitrogens is 2. The number of carbonyl (C=O) groups is 1. The maximum atomic E-state index is 12.4. The number of aliphatic hydroxyl groups excluding tert-OH is 1. The molecule has 1 atom stereocenters. The van der Waals surface area contributed by atoms with Crippen LogP contribution in [0.1, 0.15) is 36.3 Å². The van der Waals surface area contributed by atoms with Crippen molar-refractivity contribution in [3.8, 4) is 11.4 Å². The van der Waals surface area contributed by atoms with Gasteiger partial charge in [0, 0.05) is 13.6 Å². The zero-order valence-electron chi connectivity index (χ0n) is 13.7. The van der Waals surface area contributed by atoms with E-state index in [2.05, 4.69) is 5.10 Å². The Morgan fingerprint density at radius 3 is 2.74 bits per heavy atom. The Labute approximate surface area is 136 Å². The minimum Gasteiger partial charge on any atom is -0.504 e. The lowest BCUT2D eigenvalue weighted by Crippen LogP contribution is -2.30. The Morgan fingerprint density at radius 2 is 2.09 bits per heavy atom. The molecule has 0 radical (unpaired) electrons. The molecule has 2 rings (SSSR count). The molecule has 23 heavy (non-hydrogen) atoms. The third-order valence-corrected chi connectivity index (χ3v) is 3.75. The zero-order chi connectivity index (χ0) is 17.0. The van der Waals surface area contributed by atoms with Crippen LogP contribution in [-0.2, 0) is 6.42 Å².